The number of primary amides is 1. The molecule has 0 fully saturated rings. The van der Waals surface area contributed by atoms with Gasteiger partial charge in [-0.15, -0.1) is 6.58 Å². The molecule has 0 spiro atoms. The molecule has 5 N–H and O–H groups in total. The van der Waals surface area contributed by atoms with Gasteiger partial charge in [-0.2, -0.15) is 0 Å². The highest BCUT2D eigenvalue weighted by molar-refractivity contribution is 5.87. The molecule has 0 saturated carbocycles. The lowest BCUT2D eigenvalue weighted by Gasteiger charge is -2.15. The lowest BCUT2D eigenvalue weighted by Crippen LogP contribution is -2.46. The number of hydrogen-bond donors (Lipinski definition) is 3. The van der Waals surface area contributed by atoms with E-state index in [1.54, 1.807) is 6.08 Å². The van der Waals surface area contributed by atoms with Crippen molar-refractivity contribution in [2.24, 2.45) is 11.5 Å². The van der Waals surface area contributed by atoms with Crippen LogP contribution in [0.15, 0.2) is 12.7 Å². The topological polar surface area (TPSA) is 98.2 Å². The van der Waals surface area contributed by atoms with Gasteiger partial charge in [0.1, 0.15) is 0 Å². The zero-order chi connectivity index (χ0) is 11.1. The van der Waals surface area contributed by atoms with Crippen LogP contribution < -0.4 is 16.8 Å². The molecule has 14 heavy (non-hydrogen) atoms. The molecular weight excluding hydrogens is 182 g/mol. The summed E-state index contributed by atoms with van der Waals surface area (Å²) >= 11 is 0. The van der Waals surface area contributed by atoms with Gasteiger partial charge in [-0.25, -0.2) is 0 Å². The first-order valence-corrected chi connectivity index (χ1v) is 4.42. The second-order valence-electron chi connectivity index (χ2n) is 3.21. The first-order chi connectivity index (χ1) is 6.47. The van der Waals surface area contributed by atoms with Crippen molar-refractivity contribution in [1.82, 2.24) is 5.32 Å². The first-order valence-electron chi connectivity index (χ1n) is 4.42. The van der Waals surface area contributed by atoms with Gasteiger partial charge in [0.15, 0.2) is 0 Å². The van der Waals surface area contributed by atoms with Crippen LogP contribution in [0.5, 0.6) is 0 Å². The molecule has 0 saturated heterocycles. The molecule has 0 aliphatic carbocycles. The Morgan fingerprint density at radius 3 is 2.57 bits per heavy atom. The summed E-state index contributed by atoms with van der Waals surface area (Å²) in [4.78, 5) is 21.8. The van der Waals surface area contributed by atoms with Crippen LogP contribution in [0, 0.1) is 0 Å². The third kappa shape index (κ3) is 5.31. The Balaban J connectivity index is 3.94. The first kappa shape index (κ1) is 12.6. The van der Waals surface area contributed by atoms with Crippen molar-refractivity contribution in [1.29, 1.82) is 0 Å². The minimum absolute atomic E-state index is 0.0288. The molecule has 5 nitrogen and oxygen atoms in total. The Bertz CT molecular complexity index is 228. The van der Waals surface area contributed by atoms with Crippen LogP contribution in [-0.4, -0.2) is 23.9 Å². The van der Waals surface area contributed by atoms with Crippen molar-refractivity contribution in [3.8, 4) is 0 Å². The Morgan fingerprint density at radius 2 is 2.14 bits per heavy atom. The molecule has 2 amide bonds. The summed E-state index contributed by atoms with van der Waals surface area (Å²) in [5.41, 5.74) is 10.3. The number of carbonyl (C=O) groups is 2. The summed E-state index contributed by atoms with van der Waals surface area (Å²) in [6, 6.07) is -0.890. The summed E-state index contributed by atoms with van der Waals surface area (Å²) in [6.07, 6.45) is 2.23. The summed E-state index contributed by atoms with van der Waals surface area (Å²) in [6.45, 7) is 5.37. The summed E-state index contributed by atoms with van der Waals surface area (Å²) in [5.74, 6) is -0.942. The van der Waals surface area contributed by atoms with E-state index in [0.717, 1.165) is 0 Å². The minimum Gasteiger partial charge on any atom is -0.370 e. The maximum Gasteiger partial charge on any atom is 0.237 e. The summed E-state index contributed by atoms with van der Waals surface area (Å²) in [5, 5.41) is 2.64. The largest absolute Gasteiger partial charge is 0.370 e. The number of nitrogens with two attached hydrogens (primary N) is 2. The molecule has 0 rings (SSSR count). The lowest BCUT2D eigenvalue weighted by atomic mass is 10.1. The quantitative estimate of drug-likeness (QED) is 0.492. The predicted octanol–water partition coefficient (Wildman–Crippen LogP) is -0.730. The van der Waals surface area contributed by atoms with Crippen molar-refractivity contribution < 1.29 is 9.59 Å². The number of rotatable bonds is 6. The second-order valence-corrected chi connectivity index (χ2v) is 3.21. The van der Waals surface area contributed by atoms with Crippen molar-refractivity contribution in [3.63, 3.8) is 0 Å². The van der Waals surface area contributed by atoms with Gasteiger partial charge in [-0.3, -0.25) is 9.59 Å². The van der Waals surface area contributed by atoms with Crippen LogP contribution in [0.25, 0.3) is 0 Å². The molecule has 0 radical (unpaired) electrons. The van der Waals surface area contributed by atoms with E-state index in [-0.39, 0.29) is 18.4 Å². The molecule has 0 aliphatic rings. The third-order valence-corrected chi connectivity index (χ3v) is 1.67. The molecule has 0 heterocycles. The maximum absolute atomic E-state index is 11.3. The minimum atomic E-state index is -0.861. The molecular formula is C9H17N3O2. The van der Waals surface area contributed by atoms with E-state index in [1.807, 2.05) is 6.92 Å². The highest BCUT2D eigenvalue weighted by Crippen LogP contribution is 1.93. The highest BCUT2D eigenvalue weighted by atomic mass is 16.2. The van der Waals surface area contributed by atoms with Crippen LogP contribution in [0.2, 0.25) is 0 Å². The molecule has 80 valence electrons. The smallest absolute Gasteiger partial charge is 0.237 e. The van der Waals surface area contributed by atoms with Gasteiger partial charge in [-0.05, 0) is 13.3 Å². The Morgan fingerprint density at radius 1 is 1.57 bits per heavy atom. The molecule has 0 aromatic carbocycles. The molecule has 0 bridgehead atoms. The molecule has 2 atom stereocenters. The van der Waals surface area contributed by atoms with Gasteiger partial charge in [-0.1, -0.05) is 6.08 Å². The van der Waals surface area contributed by atoms with Crippen LogP contribution in [0.1, 0.15) is 19.8 Å². The van der Waals surface area contributed by atoms with Crippen LogP contribution >= 0.6 is 0 Å². The zero-order valence-corrected chi connectivity index (χ0v) is 8.32. The predicted molar refractivity (Wildman–Crippen MR) is 54.2 cm³/mol. The van der Waals surface area contributed by atoms with Crippen molar-refractivity contribution in [3.05, 3.63) is 12.7 Å². The monoisotopic (exact) mass is 199 g/mol. The standard InChI is InChI=1S/C9H17N3O2/c1-3-4-6(2)12-9(14)7(10)5-8(11)13/h3,6-7H,1,4-5,10H2,2H3,(H2,11,13)(H,12,14). The van der Waals surface area contributed by atoms with Gasteiger partial charge in [0.05, 0.1) is 12.5 Å². The number of amides is 2. The van der Waals surface area contributed by atoms with E-state index in [9.17, 15) is 9.59 Å². The van der Waals surface area contributed by atoms with Crippen LogP contribution in [0.4, 0.5) is 0 Å². The molecule has 0 aliphatic heterocycles. The molecule has 2 unspecified atom stereocenters. The molecule has 5 heteroatoms. The fourth-order valence-electron chi connectivity index (χ4n) is 0.968. The van der Waals surface area contributed by atoms with Gasteiger partial charge < -0.3 is 16.8 Å². The van der Waals surface area contributed by atoms with Gasteiger partial charge >= 0.3 is 0 Å². The molecule has 0 aromatic heterocycles. The van der Waals surface area contributed by atoms with E-state index >= 15 is 0 Å². The second kappa shape index (κ2) is 6.15. The van der Waals surface area contributed by atoms with Crippen molar-refractivity contribution in [2.75, 3.05) is 0 Å². The normalized spacial score (nSPS) is 14.1. The van der Waals surface area contributed by atoms with Gasteiger partial charge in [0.2, 0.25) is 11.8 Å². The Kier molecular flexibility index (Phi) is 5.55. The average Bonchev–Trinajstić information content (AvgIpc) is 2.02. The fourth-order valence-corrected chi connectivity index (χ4v) is 0.968. The average molecular weight is 199 g/mol. The number of nitrogens with one attached hydrogen (secondary N) is 1. The SMILES string of the molecule is C=CCC(C)NC(=O)C(N)CC(N)=O. The third-order valence-electron chi connectivity index (χ3n) is 1.67. The van der Waals surface area contributed by atoms with E-state index < -0.39 is 11.9 Å². The summed E-state index contributed by atoms with van der Waals surface area (Å²) < 4.78 is 0. The van der Waals surface area contributed by atoms with E-state index in [1.165, 1.54) is 0 Å². The van der Waals surface area contributed by atoms with Crippen molar-refractivity contribution >= 4 is 11.8 Å². The number of carbonyl (C=O) groups excluding carboxylic acids is 2. The highest BCUT2D eigenvalue weighted by Gasteiger charge is 2.16. The molecule has 0 aromatic rings. The summed E-state index contributed by atoms with van der Waals surface area (Å²) in [7, 11) is 0. The van der Waals surface area contributed by atoms with Crippen LogP contribution in [-0.2, 0) is 9.59 Å². The van der Waals surface area contributed by atoms with Crippen LogP contribution in [0.3, 0.4) is 0 Å². The zero-order valence-electron chi connectivity index (χ0n) is 8.32. The Hall–Kier alpha value is -1.36. The van der Waals surface area contributed by atoms with Gasteiger partial charge in [0, 0.05) is 6.04 Å². The van der Waals surface area contributed by atoms with Gasteiger partial charge in [0.25, 0.3) is 0 Å². The Labute approximate surface area is 83.5 Å². The van der Waals surface area contributed by atoms with E-state index in [4.69, 9.17) is 11.5 Å². The van der Waals surface area contributed by atoms with E-state index in [0.29, 0.717) is 6.42 Å². The number of hydrogen-bond acceptors (Lipinski definition) is 3. The van der Waals surface area contributed by atoms with Crippen molar-refractivity contribution in [2.45, 2.75) is 31.8 Å². The fraction of sp³-hybridized carbons (Fsp3) is 0.556. The lowest BCUT2D eigenvalue weighted by molar-refractivity contribution is -0.126. The maximum atomic E-state index is 11.3. The van der Waals surface area contributed by atoms with E-state index in [2.05, 4.69) is 11.9 Å².